The van der Waals surface area contributed by atoms with Gasteiger partial charge in [-0.05, 0) is 29.4 Å². The largest absolute Gasteiger partial charge is 0.481 e. The van der Waals surface area contributed by atoms with Crippen LogP contribution in [0.15, 0.2) is 29.4 Å². The van der Waals surface area contributed by atoms with E-state index in [2.05, 4.69) is 47.3 Å². The molecule has 0 unspecified atom stereocenters. The molecule has 98 valence electrons. The van der Waals surface area contributed by atoms with Crippen LogP contribution in [0.1, 0.15) is 48.5 Å². The van der Waals surface area contributed by atoms with E-state index in [0.717, 1.165) is 0 Å². The number of hydrogen-bond acceptors (Lipinski definition) is 2. The maximum atomic E-state index is 9.33. The van der Waals surface area contributed by atoms with E-state index in [0.29, 0.717) is 6.61 Å². The van der Waals surface area contributed by atoms with Gasteiger partial charge in [-0.1, -0.05) is 41.5 Å². The predicted octanol–water partition coefficient (Wildman–Crippen LogP) is 4.60. The minimum Gasteiger partial charge on any atom is -0.481 e. The van der Waals surface area contributed by atoms with Crippen LogP contribution in [0.4, 0.5) is 0 Å². The Hall–Kier alpha value is -1.14. The molecule has 0 atom stereocenters. The minimum atomic E-state index is -0.0674. The summed E-state index contributed by atoms with van der Waals surface area (Å²) in [5.74, 6) is -0.0674. The number of aliphatic hydroxyl groups excluding tert-OH is 1. The summed E-state index contributed by atoms with van der Waals surface area (Å²) in [6.07, 6.45) is 3.25. The van der Waals surface area contributed by atoms with E-state index in [-0.39, 0.29) is 16.8 Å². The minimum absolute atomic E-state index is 0.0593. The lowest BCUT2D eigenvalue weighted by atomic mass is 9.72. The standard InChI is InChI=1S/C15H26O2/c1-8-17-13(16)11-9-10-12(14(2,3)4)15(5,6)7/h9,11,16H,8H2,1-7H3/b13-11+. The van der Waals surface area contributed by atoms with Crippen molar-refractivity contribution >= 4 is 0 Å². The molecule has 0 aliphatic heterocycles. The van der Waals surface area contributed by atoms with E-state index in [1.54, 1.807) is 6.08 Å². The molecule has 0 aromatic carbocycles. The highest BCUT2D eigenvalue weighted by molar-refractivity contribution is 5.20. The Morgan fingerprint density at radius 3 is 1.94 bits per heavy atom. The highest BCUT2D eigenvalue weighted by Gasteiger charge is 2.27. The highest BCUT2D eigenvalue weighted by Crippen LogP contribution is 2.38. The van der Waals surface area contributed by atoms with Crippen LogP contribution >= 0.6 is 0 Å². The highest BCUT2D eigenvalue weighted by atomic mass is 16.6. The average molecular weight is 238 g/mol. The third-order valence-corrected chi connectivity index (χ3v) is 2.25. The van der Waals surface area contributed by atoms with Crippen molar-refractivity contribution in [1.29, 1.82) is 0 Å². The summed E-state index contributed by atoms with van der Waals surface area (Å²) in [6.45, 7) is 15.3. The molecule has 0 bridgehead atoms. The van der Waals surface area contributed by atoms with E-state index in [1.165, 1.54) is 11.6 Å². The van der Waals surface area contributed by atoms with Crippen LogP contribution in [0, 0.1) is 10.8 Å². The van der Waals surface area contributed by atoms with Gasteiger partial charge >= 0.3 is 0 Å². The molecule has 0 aliphatic rings. The Labute approximate surface area is 106 Å². The molecular weight excluding hydrogens is 212 g/mol. The molecule has 0 amide bonds. The lowest BCUT2D eigenvalue weighted by Crippen LogP contribution is -2.21. The van der Waals surface area contributed by atoms with Crippen molar-refractivity contribution in [3.63, 3.8) is 0 Å². The molecule has 0 aromatic rings. The smallest absolute Gasteiger partial charge is 0.277 e. The van der Waals surface area contributed by atoms with Crippen LogP contribution in [-0.2, 0) is 4.74 Å². The van der Waals surface area contributed by atoms with Crippen molar-refractivity contribution < 1.29 is 9.84 Å². The zero-order valence-corrected chi connectivity index (χ0v) is 12.2. The molecule has 0 aromatic heterocycles. The van der Waals surface area contributed by atoms with Gasteiger partial charge < -0.3 is 9.84 Å². The topological polar surface area (TPSA) is 29.5 Å². The Balaban J connectivity index is 5.22. The SMILES string of the molecule is CCO/C(O)=C/C=C=C(C(C)(C)C)C(C)(C)C. The van der Waals surface area contributed by atoms with E-state index in [9.17, 15) is 5.11 Å². The van der Waals surface area contributed by atoms with Crippen molar-refractivity contribution in [2.45, 2.75) is 48.5 Å². The molecule has 0 saturated heterocycles. The summed E-state index contributed by atoms with van der Waals surface area (Å²) in [6, 6.07) is 0. The van der Waals surface area contributed by atoms with Gasteiger partial charge in [-0.25, -0.2) is 0 Å². The predicted molar refractivity (Wildman–Crippen MR) is 72.8 cm³/mol. The Kier molecular flexibility index (Phi) is 5.57. The van der Waals surface area contributed by atoms with Gasteiger partial charge in [-0.3, -0.25) is 0 Å². The van der Waals surface area contributed by atoms with Gasteiger partial charge in [-0.15, -0.1) is 5.73 Å². The second-order valence-electron chi connectivity index (χ2n) is 6.12. The second-order valence-corrected chi connectivity index (χ2v) is 6.12. The first kappa shape index (κ1) is 15.9. The van der Waals surface area contributed by atoms with Gasteiger partial charge in [-0.2, -0.15) is 0 Å². The van der Waals surface area contributed by atoms with Gasteiger partial charge in [0.05, 0.1) is 6.61 Å². The Morgan fingerprint density at radius 2 is 1.59 bits per heavy atom. The van der Waals surface area contributed by atoms with Crippen LogP contribution in [-0.4, -0.2) is 11.7 Å². The van der Waals surface area contributed by atoms with Crippen molar-refractivity contribution in [2.24, 2.45) is 10.8 Å². The first-order chi connectivity index (χ1) is 7.59. The van der Waals surface area contributed by atoms with Crippen LogP contribution in [0.2, 0.25) is 0 Å². The molecule has 0 rings (SSSR count). The number of ether oxygens (including phenoxy) is 1. The van der Waals surface area contributed by atoms with E-state index >= 15 is 0 Å². The van der Waals surface area contributed by atoms with E-state index in [1.807, 2.05) is 6.92 Å². The number of aliphatic hydroxyl groups is 1. The number of hydrogen-bond donors (Lipinski definition) is 1. The fourth-order valence-corrected chi connectivity index (χ4v) is 1.95. The summed E-state index contributed by atoms with van der Waals surface area (Å²) < 4.78 is 4.93. The third kappa shape index (κ3) is 6.23. The number of rotatable bonds is 3. The van der Waals surface area contributed by atoms with Gasteiger partial charge in [0.15, 0.2) is 0 Å². The molecule has 1 N–H and O–H groups in total. The van der Waals surface area contributed by atoms with Crippen molar-refractivity contribution in [3.05, 3.63) is 29.4 Å². The number of allylic oxidation sites excluding steroid dienone is 2. The zero-order chi connectivity index (χ0) is 13.7. The second kappa shape index (κ2) is 5.97. The molecule has 2 heteroatoms. The van der Waals surface area contributed by atoms with E-state index in [4.69, 9.17) is 4.74 Å². The normalized spacial score (nSPS) is 13.0. The molecule has 0 spiro atoms. The van der Waals surface area contributed by atoms with Crippen molar-refractivity contribution in [1.82, 2.24) is 0 Å². The molecule has 0 heterocycles. The first-order valence-corrected chi connectivity index (χ1v) is 6.08. The zero-order valence-electron chi connectivity index (χ0n) is 12.2. The molecule has 2 nitrogen and oxygen atoms in total. The molecule has 17 heavy (non-hydrogen) atoms. The summed E-state index contributed by atoms with van der Waals surface area (Å²) in [5.41, 5.74) is 4.60. The van der Waals surface area contributed by atoms with Crippen LogP contribution in [0.5, 0.6) is 0 Å². The van der Waals surface area contributed by atoms with Crippen molar-refractivity contribution in [3.8, 4) is 0 Å². The van der Waals surface area contributed by atoms with Gasteiger partial charge in [0.2, 0.25) is 0 Å². The lowest BCUT2D eigenvalue weighted by Gasteiger charge is -2.32. The summed E-state index contributed by atoms with van der Waals surface area (Å²) in [7, 11) is 0. The summed E-state index contributed by atoms with van der Waals surface area (Å²) in [5, 5.41) is 9.33. The molecule has 0 fully saturated rings. The fraction of sp³-hybridized carbons (Fsp3) is 0.667. The maximum Gasteiger partial charge on any atom is 0.277 e. The lowest BCUT2D eigenvalue weighted by molar-refractivity contribution is 0.103. The Bertz CT molecular complexity index is 313. The van der Waals surface area contributed by atoms with Gasteiger partial charge in [0.25, 0.3) is 5.95 Å². The van der Waals surface area contributed by atoms with Gasteiger partial charge in [0.1, 0.15) is 0 Å². The van der Waals surface area contributed by atoms with Crippen LogP contribution < -0.4 is 0 Å². The molecular formula is C15H26O2. The molecule has 0 aliphatic carbocycles. The maximum absolute atomic E-state index is 9.33. The Morgan fingerprint density at radius 1 is 1.12 bits per heavy atom. The van der Waals surface area contributed by atoms with Crippen LogP contribution in [0.25, 0.3) is 0 Å². The summed E-state index contributed by atoms with van der Waals surface area (Å²) in [4.78, 5) is 0. The first-order valence-electron chi connectivity index (χ1n) is 6.08. The van der Waals surface area contributed by atoms with Crippen molar-refractivity contribution in [2.75, 3.05) is 6.61 Å². The van der Waals surface area contributed by atoms with Gasteiger partial charge in [0, 0.05) is 6.08 Å². The molecule has 0 radical (unpaired) electrons. The average Bonchev–Trinajstić information content (AvgIpc) is 2.08. The quantitative estimate of drug-likeness (QED) is 0.442. The fourth-order valence-electron chi connectivity index (χ4n) is 1.95. The summed E-state index contributed by atoms with van der Waals surface area (Å²) >= 11 is 0. The molecule has 0 saturated carbocycles. The third-order valence-electron chi connectivity index (χ3n) is 2.25. The van der Waals surface area contributed by atoms with E-state index < -0.39 is 0 Å². The monoisotopic (exact) mass is 238 g/mol. The van der Waals surface area contributed by atoms with Crippen LogP contribution in [0.3, 0.4) is 0 Å².